The fraction of sp³-hybridized carbons (Fsp3) is 1.00. The first-order valence-corrected chi connectivity index (χ1v) is 21.2. The average Bonchev–Trinajstić information content (AvgIpc) is 3.11. The van der Waals surface area contributed by atoms with Gasteiger partial charge >= 0.3 is 72.8 Å². The molecular weight excluding hydrogens is 881 g/mol. The van der Waals surface area contributed by atoms with Crippen molar-refractivity contribution in [1.29, 1.82) is 0 Å². The Balaban J connectivity index is 2.96. The number of aliphatic hydroxyl groups is 1. The largest absolute Gasteiger partial charge is 0.397 e. The number of hydrogen-bond acceptors (Lipinski definition) is 25. The van der Waals surface area contributed by atoms with Crippen LogP contribution >= 0.6 is 0 Å². The van der Waals surface area contributed by atoms with E-state index in [1.165, 1.54) is 0 Å². The maximum Gasteiger partial charge on any atom is 0.397 e. The van der Waals surface area contributed by atoms with E-state index < -0.39 is 147 Å². The van der Waals surface area contributed by atoms with Gasteiger partial charge in [0.2, 0.25) is 5.79 Å². The Morgan fingerprint density at radius 3 is 1.29 bits per heavy atom. The molecule has 51 heavy (non-hydrogen) atoms. The van der Waals surface area contributed by atoms with Crippen molar-refractivity contribution in [3.8, 4) is 0 Å². The molecule has 0 radical (unpaired) electrons. The van der Waals surface area contributed by atoms with E-state index in [2.05, 4.69) is 29.3 Å². The first kappa shape index (κ1) is 46.1. The molecule has 9 atom stereocenters. The molecular formula is C12H22O32S7. The molecule has 0 amide bonds. The Hall–Kier alpha value is -1.07. The van der Waals surface area contributed by atoms with Gasteiger partial charge in [-0.25, -0.2) is 29.3 Å². The van der Waals surface area contributed by atoms with Crippen molar-refractivity contribution in [1.82, 2.24) is 0 Å². The van der Waals surface area contributed by atoms with Crippen molar-refractivity contribution >= 4 is 72.8 Å². The van der Waals surface area contributed by atoms with Gasteiger partial charge in [0.25, 0.3) is 0 Å². The average molecular weight is 903 g/mol. The molecule has 2 aliphatic heterocycles. The summed E-state index contributed by atoms with van der Waals surface area (Å²) in [6, 6.07) is 0. The van der Waals surface area contributed by atoms with Crippen LogP contribution in [0.25, 0.3) is 0 Å². The van der Waals surface area contributed by atoms with Gasteiger partial charge in [0.05, 0.1) is 13.2 Å². The zero-order chi connectivity index (χ0) is 39.8. The Kier molecular flexibility index (Phi) is 14.4. The molecule has 0 saturated carbocycles. The molecule has 32 nitrogen and oxygen atoms in total. The summed E-state index contributed by atoms with van der Waals surface area (Å²) in [7, 11) is -41.2. The van der Waals surface area contributed by atoms with Gasteiger partial charge in [-0.05, 0) is 0 Å². The molecule has 0 aromatic rings. The van der Waals surface area contributed by atoms with Crippen LogP contribution in [0.15, 0.2) is 0 Å². The molecule has 0 aromatic heterocycles. The predicted molar refractivity (Wildman–Crippen MR) is 142 cm³/mol. The van der Waals surface area contributed by atoms with E-state index in [0.717, 1.165) is 0 Å². The summed E-state index contributed by atoms with van der Waals surface area (Å²) < 4.78 is 268. The highest BCUT2D eigenvalue weighted by molar-refractivity contribution is 7.82. The predicted octanol–water partition coefficient (Wildman–Crippen LogP) is -6.61. The standard InChI is InChI=1S/C12H22O32S7/c13-6-4(1-35-45(14,15)16)38-11(9(43-50(29,30)31)8(6)42-49(26,27)28)40-12(3-37-47(20,21)22)10(44-51(32,33)34)7(41-48(23,24)25)5(39-12)2-36-46(17,18)19/h4-11,13H,1-3H2,(H,14,15,16)(H,17,18,19)(H,20,21,22)(H,23,24,25)(H,26,27,28)(H,29,30,31)(H,32,33,34)/t4-,5-,6-,7-,8+,9-,10+,11?,12+/m1/s1. The summed E-state index contributed by atoms with van der Waals surface area (Å²) >= 11 is 0. The lowest BCUT2D eigenvalue weighted by Crippen LogP contribution is -2.65. The van der Waals surface area contributed by atoms with Crippen molar-refractivity contribution in [2.45, 2.75) is 54.8 Å². The Morgan fingerprint density at radius 2 is 0.882 bits per heavy atom. The normalized spacial score (nSPS) is 31.8. The van der Waals surface area contributed by atoms with Gasteiger partial charge in [-0.15, -0.1) is 0 Å². The lowest BCUT2D eigenvalue weighted by Gasteiger charge is -2.45. The smallest absolute Gasteiger partial charge is 0.387 e. The summed E-state index contributed by atoms with van der Waals surface area (Å²) in [5.74, 6) is -3.97. The minimum atomic E-state index is -6.14. The number of hydrogen-bond donors (Lipinski definition) is 8. The van der Waals surface area contributed by atoms with Crippen molar-refractivity contribution < 1.29 is 139 Å². The maximum atomic E-state index is 11.8. The second-order valence-electron chi connectivity index (χ2n) is 9.14. The molecule has 2 heterocycles. The van der Waals surface area contributed by atoms with Crippen LogP contribution in [-0.2, 0) is 116 Å². The summed E-state index contributed by atoms with van der Waals surface area (Å²) in [6.45, 7) is -5.81. The van der Waals surface area contributed by atoms with Crippen LogP contribution in [0.1, 0.15) is 0 Å². The molecule has 8 N–H and O–H groups in total. The first-order valence-electron chi connectivity index (χ1n) is 11.7. The zero-order valence-electron chi connectivity index (χ0n) is 23.5. The van der Waals surface area contributed by atoms with Crippen LogP contribution in [0.4, 0.5) is 0 Å². The van der Waals surface area contributed by atoms with Gasteiger partial charge in [0.15, 0.2) is 18.5 Å². The lowest BCUT2D eigenvalue weighted by molar-refractivity contribution is -0.375. The zero-order valence-corrected chi connectivity index (χ0v) is 29.2. The highest BCUT2D eigenvalue weighted by Gasteiger charge is 2.65. The van der Waals surface area contributed by atoms with Crippen LogP contribution in [0.5, 0.6) is 0 Å². The second kappa shape index (κ2) is 16.0. The topological polar surface area (TPSA) is 493 Å². The number of rotatable bonds is 19. The van der Waals surface area contributed by atoms with Crippen LogP contribution in [-0.4, -0.2) is 171 Å². The van der Waals surface area contributed by atoms with Crippen LogP contribution in [0.3, 0.4) is 0 Å². The van der Waals surface area contributed by atoms with Crippen molar-refractivity contribution in [3.63, 3.8) is 0 Å². The van der Waals surface area contributed by atoms with E-state index in [0.29, 0.717) is 0 Å². The number of aliphatic hydroxyl groups excluding tert-OH is 1. The van der Waals surface area contributed by atoms with Crippen molar-refractivity contribution in [2.24, 2.45) is 0 Å². The van der Waals surface area contributed by atoms with Gasteiger partial charge in [0.1, 0.15) is 37.1 Å². The highest BCUT2D eigenvalue weighted by atomic mass is 32.3. The molecule has 0 aliphatic carbocycles. The SMILES string of the molecule is O=S(=O)(O)OC[C@H]1OC(O[C@]2(COS(=O)(=O)O)O[C@H](COS(=O)(=O)O)[C@@H](OS(=O)(=O)O)[C@@H]2OS(=O)(=O)O)[C@H](OS(=O)(=O)O)[C@@H](OS(=O)(=O)O)[C@@H]1O. The van der Waals surface area contributed by atoms with E-state index in [1.54, 1.807) is 0 Å². The third-order valence-electron chi connectivity index (χ3n) is 5.48. The molecule has 1 unspecified atom stereocenters. The molecule has 304 valence electrons. The van der Waals surface area contributed by atoms with E-state index >= 15 is 0 Å². The Morgan fingerprint density at radius 1 is 0.490 bits per heavy atom. The summed E-state index contributed by atoms with van der Waals surface area (Å²) in [6.07, 6.45) is -24.2. The fourth-order valence-corrected chi connectivity index (χ4v) is 6.93. The summed E-state index contributed by atoms with van der Waals surface area (Å²) in [5, 5.41) is 10.6. The highest BCUT2D eigenvalue weighted by Crippen LogP contribution is 2.42. The third kappa shape index (κ3) is 16.1. The molecule has 0 spiro atoms. The quantitative estimate of drug-likeness (QED) is 0.0559. The Labute approximate surface area is 286 Å². The molecule has 0 aromatic carbocycles. The van der Waals surface area contributed by atoms with E-state index in [1.807, 2.05) is 0 Å². The van der Waals surface area contributed by atoms with Gasteiger partial charge in [-0.3, -0.25) is 31.9 Å². The summed E-state index contributed by atoms with van der Waals surface area (Å²) in [4.78, 5) is 0. The van der Waals surface area contributed by atoms with Gasteiger partial charge in [-0.1, -0.05) is 0 Å². The lowest BCUT2D eigenvalue weighted by atomic mass is 9.99. The Bertz CT molecular complexity index is 2020. The molecule has 2 rings (SSSR count). The van der Waals surface area contributed by atoms with E-state index in [9.17, 15) is 82.2 Å². The summed E-state index contributed by atoms with van der Waals surface area (Å²) in [5.41, 5.74) is 0. The molecule has 0 bridgehead atoms. The molecule has 2 fully saturated rings. The van der Waals surface area contributed by atoms with Crippen LogP contribution in [0.2, 0.25) is 0 Å². The fourth-order valence-electron chi connectivity index (χ4n) is 4.00. The van der Waals surface area contributed by atoms with E-state index in [-0.39, 0.29) is 0 Å². The molecule has 2 aliphatic rings. The monoisotopic (exact) mass is 902 g/mol. The van der Waals surface area contributed by atoms with Gasteiger partial charge in [0, 0.05) is 0 Å². The maximum absolute atomic E-state index is 11.8. The minimum absolute atomic E-state index is 1.72. The van der Waals surface area contributed by atoms with Crippen molar-refractivity contribution in [3.05, 3.63) is 0 Å². The third-order valence-corrected chi connectivity index (χ3v) is 8.61. The van der Waals surface area contributed by atoms with Crippen LogP contribution < -0.4 is 0 Å². The van der Waals surface area contributed by atoms with E-state index in [4.69, 9.17) is 27.9 Å². The van der Waals surface area contributed by atoms with Gasteiger partial charge in [-0.2, -0.15) is 58.9 Å². The van der Waals surface area contributed by atoms with Crippen molar-refractivity contribution in [2.75, 3.05) is 19.8 Å². The second-order valence-corrected chi connectivity index (χ2v) is 16.6. The number of ether oxygens (including phenoxy) is 3. The molecule has 39 heteroatoms. The van der Waals surface area contributed by atoms with Gasteiger partial charge < -0.3 is 19.3 Å². The van der Waals surface area contributed by atoms with Crippen LogP contribution in [0, 0.1) is 0 Å². The minimum Gasteiger partial charge on any atom is -0.387 e. The molecule has 2 saturated heterocycles. The first-order chi connectivity index (χ1) is 22.5.